The quantitative estimate of drug-likeness (QED) is 0.250. The Labute approximate surface area is 218 Å². The Kier molecular flexibility index (Phi) is 7.70. The van der Waals surface area contributed by atoms with Gasteiger partial charge in [0.2, 0.25) is 0 Å². The number of hydrogen-bond acceptors (Lipinski definition) is 7. The van der Waals surface area contributed by atoms with Crippen LogP contribution in [-0.4, -0.2) is 50.9 Å². The first-order valence-electron chi connectivity index (χ1n) is 11.5. The number of H-pyrrole nitrogens is 1. The second-order valence-corrected chi connectivity index (χ2v) is 10.7. The summed E-state index contributed by atoms with van der Waals surface area (Å²) >= 11 is 0. The van der Waals surface area contributed by atoms with Crippen molar-refractivity contribution in [2.45, 2.75) is 17.9 Å². The number of rotatable bonds is 10. The van der Waals surface area contributed by atoms with E-state index in [1.54, 1.807) is 6.92 Å². The van der Waals surface area contributed by atoms with Gasteiger partial charge in [-0.3, -0.25) is 4.79 Å². The number of ketones is 1. The molecule has 38 heavy (non-hydrogen) atoms. The summed E-state index contributed by atoms with van der Waals surface area (Å²) in [5, 5.41) is 12.8. The summed E-state index contributed by atoms with van der Waals surface area (Å²) in [5.41, 5.74) is 1.49. The Bertz CT molecular complexity index is 1620. The lowest BCUT2D eigenvalue weighted by Gasteiger charge is -2.23. The molecule has 3 aromatic carbocycles. The van der Waals surface area contributed by atoms with Crippen LogP contribution in [-0.2, 0) is 9.84 Å². The van der Waals surface area contributed by atoms with Gasteiger partial charge in [-0.2, -0.15) is 0 Å². The van der Waals surface area contributed by atoms with Crippen LogP contribution in [0.5, 0.6) is 11.5 Å². The van der Waals surface area contributed by atoms with Crippen LogP contribution >= 0.6 is 0 Å². The second-order valence-electron chi connectivity index (χ2n) is 8.66. The van der Waals surface area contributed by atoms with E-state index >= 15 is 0 Å². The largest absolute Gasteiger partial charge is 0.497 e. The molecule has 1 unspecified atom stereocenters. The molecule has 3 N–H and O–H groups in total. The molecule has 0 spiro atoms. The number of nitrogens with one attached hydrogen (secondary N) is 2. The summed E-state index contributed by atoms with van der Waals surface area (Å²) in [6.45, 7) is 1.09. The highest BCUT2D eigenvalue weighted by Crippen LogP contribution is 2.35. The van der Waals surface area contributed by atoms with Crippen LogP contribution in [0.3, 0.4) is 0 Å². The summed E-state index contributed by atoms with van der Waals surface area (Å²) in [4.78, 5) is 16.9. The average Bonchev–Trinajstić information content (AvgIpc) is 3.32. The molecule has 11 heteroatoms. The fourth-order valence-corrected chi connectivity index (χ4v) is 4.81. The number of methoxy groups -OCH3 is 1. The predicted molar refractivity (Wildman–Crippen MR) is 139 cm³/mol. The van der Waals surface area contributed by atoms with Gasteiger partial charge in [0.05, 0.1) is 24.1 Å². The first-order valence-corrected chi connectivity index (χ1v) is 13.4. The third-order valence-corrected chi connectivity index (χ3v) is 7.16. The lowest BCUT2D eigenvalue weighted by molar-refractivity contribution is 0.0969. The predicted octanol–water partition coefficient (Wildman–Crippen LogP) is 4.57. The Morgan fingerprint density at radius 1 is 1.13 bits per heavy atom. The molecule has 4 aromatic rings. The molecule has 200 valence electrons. The van der Waals surface area contributed by atoms with E-state index in [1.807, 2.05) is 0 Å². The SMILES string of the molecule is COc1cc(NC(C(=O)c2c[nH]c3c(C)c(F)ccc23)c2ccc(F)cc2OCCO)cc(S(C)(=O)=O)c1. The number of anilines is 1. The van der Waals surface area contributed by atoms with Gasteiger partial charge in [-0.25, -0.2) is 17.2 Å². The summed E-state index contributed by atoms with van der Waals surface area (Å²) in [5.74, 6) is -1.29. The second kappa shape index (κ2) is 10.8. The van der Waals surface area contributed by atoms with Gasteiger partial charge >= 0.3 is 0 Å². The molecular formula is C27H26F2N2O6S. The van der Waals surface area contributed by atoms with Gasteiger partial charge in [0, 0.05) is 52.3 Å². The maximum atomic E-state index is 14.1. The van der Waals surface area contributed by atoms with Crippen molar-refractivity contribution in [1.82, 2.24) is 4.98 Å². The van der Waals surface area contributed by atoms with Gasteiger partial charge in [-0.05, 0) is 43.3 Å². The molecule has 0 aliphatic heterocycles. The van der Waals surface area contributed by atoms with Gasteiger partial charge in [-0.1, -0.05) is 0 Å². The van der Waals surface area contributed by atoms with Crippen molar-refractivity contribution >= 4 is 32.2 Å². The fraction of sp³-hybridized carbons (Fsp3) is 0.222. The molecule has 1 aromatic heterocycles. The molecule has 1 atom stereocenters. The number of Topliss-reactive ketones (excluding diaryl/α,β-unsaturated/α-hetero) is 1. The number of carbonyl (C=O) groups is 1. The van der Waals surface area contributed by atoms with E-state index in [-0.39, 0.29) is 46.4 Å². The minimum absolute atomic E-state index is 0.0122. The highest BCUT2D eigenvalue weighted by atomic mass is 32.2. The monoisotopic (exact) mass is 544 g/mol. The fourth-order valence-electron chi connectivity index (χ4n) is 4.14. The number of aromatic amines is 1. The molecule has 0 radical (unpaired) electrons. The number of halogens is 2. The number of hydrogen-bond donors (Lipinski definition) is 3. The third kappa shape index (κ3) is 5.48. The van der Waals surface area contributed by atoms with Crippen molar-refractivity contribution in [1.29, 1.82) is 0 Å². The molecule has 0 saturated carbocycles. The molecular weight excluding hydrogens is 518 g/mol. The van der Waals surface area contributed by atoms with E-state index in [0.717, 1.165) is 18.4 Å². The van der Waals surface area contributed by atoms with Gasteiger partial charge in [0.15, 0.2) is 15.6 Å². The molecule has 0 fully saturated rings. The first kappa shape index (κ1) is 27.1. The Balaban J connectivity index is 1.89. The van der Waals surface area contributed by atoms with E-state index in [2.05, 4.69) is 10.3 Å². The zero-order valence-corrected chi connectivity index (χ0v) is 21.7. The maximum Gasteiger partial charge on any atom is 0.191 e. The summed E-state index contributed by atoms with van der Waals surface area (Å²) in [6, 6.07) is 9.38. The van der Waals surface area contributed by atoms with Gasteiger partial charge in [-0.15, -0.1) is 0 Å². The molecule has 0 aliphatic rings. The number of aliphatic hydroxyl groups excluding tert-OH is 1. The van der Waals surface area contributed by atoms with Crippen molar-refractivity contribution in [3.05, 3.63) is 83.1 Å². The maximum absolute atomic E-state index is 14.1. The topological polar surface area (TPSA) is 118 Å². The van der Waals surface area contributed by atoms with Crippen LogP contribution in [0.1, 0.15) is 27.5 Å². The third-order valence-electron chi connectivity index (χ3n) is 6.07. The molecule has 1 heterocycles. The van der Waals surface area contributed by atoms with E-state index in [1.165, 1.54) is 49.7 Å². The number of carbonyl (C=O) groups excluding carboxylic acids is 1. The Morgan fingerprint density at radius 3 is 2.58 bits per heavy atom. The van der Waals surface area contributed by atoms with Gasteiger partial charge < -0.3 is 24.9 Å². The van der Waals surface area contributed by atoms with Gasteiger partial charge in [0.25, 0.3) is 0 Å². The van der Waals surface area contributed by atoms with E-state index < -0.39 is 33.3 Å². The van der Waals surface area contributed by atoms with Crippen LogP contribution in [0.25, 0.3) is 10.9 Å². The summed E-state index contributed by atoms with van der Waals surface area (Å²) < 4.78 is 63.6. The number of fused-ring (bicyclic) bond motifs is 1. The van der Waals surface area contributed by atoms with E-state index in [0.29, 0.717) is 16.5 Å². The molecule has 8 nitrogen and oxygen atoms in total. The zero-order valence-electron chi connectivity index (χ0n) is 20.8. The van der Waals surface area contributed by atoms with Crippen molar-refractivity contribution in [3.63, 3.8) is 0 Å². The van der Waals surface area contributed by atoms with E-state index in [9.17, 15) is 27.1 Å². The summed E-state index contributed by atoms with van der Waals surface area (Å²) in [6.07, 6.45) is 2.50. The normalized spacial score (nSPS) is 12.4. The van der Waals surface area contributed by atoms with Gasteiger partial charge in [0.1, 0.15) is 35.8 Å². The summed E-state index contributed by atoms with van der Waals surface area (Å²) in [7, 11) is -2.26. The molecule has 0 aliphatic carbocycles. The van der Waals surface area contributed by atoms with Crippen molar-refractivity contribution in [2.24, 2.45) is 0 Å². The number of aromatic nitrogens is 1. The number of benzene rings is 3. The average molecular weight is 545 g/mol. The van der Waals surface area contributed by atoms with Crippen LogP contribution in [0, 0.1) is 18.6 Å². The highest BCUT2D eigenvalue weighted by Gasteiger charge is 2.29. The minimum Gasteiger partial charge on any atom is -0.497 e. The Morgan fingerprint density at radius 2 is 1.89 bits per heavy atom. The van der Waals surface area contributed by atoms with Crippen LogP contribution in [0.4, 0.5) is 14.5 Å². The van der Waals surface area contributed by atoms with E-state index in [4.69, 9.17) is 9.47 Å². The molecule has 0 amide bonds. The van der Waals surface area contributed by atoms with Crippen LogP contribution in [0.15, 0.2) is 59.6 Å². The molecule has 4 rings (SSSR count). The number of sulfone groups is 1. The number of ether oxygens (including phenoxy) is 2. The lowest BCUT2D eigenvalue weighted by Crippen LogP contribution is -2.22. The number of aryl methyl sites for hydroxylation is 1. The van der Waals surface area contributed by atoms with Crippen molar-refractivity contribution < 1.29 is 36.6 Å². The molecule has 0 saturated heterocycles. The zero-order chi connectivity index (χ0) is 27.6. The van der Waals surface area contributed by atoms with Crippen LogP contribution < -0.4 is 14.8 Å². The first-order chi connectivity index (χ1) is 18.0. The Hall–Kier alpha value is -3.96. The molecule has 0 bridgehead atoms. The minimum atomic E-state index is -3.63. The standard InChI is InChI=1S/C27H26F2N2O6S/c1-15-23(29)7-6-20-22(14-30-25(15)20)27(33)26(21-5-4-16(28)10-24(21)37-9-8-32)31-17-11-18(36-2)13-19(12-17)38(3,34)35/h4-7,10-14,26,30-32H,8-9H2,1-3H3. The van der Waals surface area contributed by atoms with Crippen molar-refractivity contribution in [3.8, 4) is 11.5 Å². The highest BCUT2D eigenvalue weighted by molar-refractivity contribution is 7.90. The smallest absolute Gasteiger partial charge is 0.191 e. The van der Waals surface area contributed by atoms with Crippen molar-refractivity contribution in [2.75, 3.05) is 31.9 Å². The number of aliphatic hydroxyl groups is 1. The lowest BCUT2D eigenvalue weighted by atomic mass is 9.95. The van der Waals surface area contributed by atoms with Crippen LogP contribution in [0.2, 0.25) is 0 Å².